The first-order chi connectivity index (χ1) is 15.7. The molecule has 33 heavy (non-hydrogen) atoms. The molecule has 0 aliphatic heterocycles. The Morgan fingerprint density at radius 2 is 1.76 bits per heavy atom. The third kappa shape index (κ3) is 5.69. The Bertz CT molecular complexity index is 1250. The summed E-state index contributed by atoms with van der Waals surface area (Å²) >= 11 is 0. The number of phenolic OH excluding ortho intramolecular Hbond substituents is 1. The summed E-state index contributed by atoms with van der Waals surface area (Å²) in [7, 11) is -2.26. The zero-order chi connectivity index (χ0) is 24.0. The number of carbonyl (C=O) groups excluding carboxylic acids is 1. The quantitative estimate of drug-likeness (QED) is 0.388. The Labute approximate surface area is 193 Å². The fourth-order valence-corrected chi connectivity index (χ4v) is 4.14. The van der Waals surface area contributed by atoms with Gasteiger partial charge in [0.2, 0.25) is 0 Å². The molecule has 1 amide bonds. The van der Waals surface area contributed by atoms with Gasteiger partial charge < -0.3 is 9.84 Å². The first-order valence-corrected chi connectivity index (χ1v) is 11.6. The molecule has 0 spiro atoms. The number of sulfonamides is 1. The monoisotopic (exact) mass is 467 g/mol. The molecule has 0 aromatic heterocycles. The van der Waals surface area contributed by atoms with Crippen molar-refractivity contribution in [3.63, 3.8) is 0 Å². The van der Waals surface area contributed by atoms with Crippen molar-refractivity contribution >= 4 is 27.8 Å². The SMILES string of the molecule is CCOc1cc(/C=N\NC(=O)c2ccc(N(C)S(=O)(=O)c3ccc(C)cc3)cc2)ccc1O. The molecule has 0 saturated carbocycles. The topological polar surface area (TPSA) is 108 Å². The fourth-order valence-electron chi connectivity index (χ4n) is 2.94. The number of ether oxygens (including phenoxy) is 1. The minimum atomic E-state index is -3.72. The van der Waals surface area contributed by atoms with Crippen LogP contribution in [-0.2, 0) is 10.0 Å². The van der Waals surface area contributed by atoms with Gasteiger partial charge in [-0.2, -0.15) is 5.10 Å². The van der Waals surface area contributed by atoms with Crippen molar-refractivity contribution in [3.8, 4) is 11.5 Å². The van der Waals surface area contributed by atoms with Gasteiger partial charge in [0, 0.05) is 12.6 Å². The molecule has 2 N–H and O–H groups in total. The highest BCUT2D eigenvalue weighted by molar-refractivity contribution is 7.92. The molecule has 0 heterocycles. The maximum absolute atomic E-state index is 12.8. The lowest BCUT2D eigenvalue weighted by molar-refractivity contribution is 0.0955. The summed E-state index contributed by atoms with van der Waals surface area (Å²) in [6, 6.07) is 17.5. The van der Waals surface area contributed by atoms with E-state index < -0.39 is 15.9 Å². The zero-order valence-electron chi connectivity index (χ0n) is 18.5. The molecular formula is C24H25N3O5S. The van der Waals surface area contributed by atoms with Gasteiger partial charge in [-0.05, 0) is 74.0 Å². The Balaban J connectivity index is 1.67. The van der Waals surface area contributed by atoms with E-state index in [4.69, 9.17) is 4.74 Å². The summed E-state index contributed by atoms with van der Waals surface area (Å²) in [5.74, 6) is -0.105. The molecule has 8 nitrogen and oxygen atoms in total. The lowest BCUT2D eigenvalue weighted by atomic mass is 10.2. The van der Waals surface area contributed by atoms with Gasteiger partial charge in [0.25, 0.3) is 15.9 Å². The normalized spacial score (nSPS) is 11.4. The third-order valence-electron chi connectivity index (χ3n) is 4.84. The summed E-state index contributed by atoms with van der Waals surface area (Å²) in [5.41, 5.74) is 4.76. The summed E-state index contributed by atoms with van der Waals surface area (Å²) in [6.07, 6.45) is 1.43. The number of aromatic hydroxyl groups is 1. The maximum Gasteiger partial charge on any atom is 0.271 e. The number of phenols is 1. The largest absolute Gasteiger partial charge is 0.504 e. The summed E-state index contributed by atoms with van der Waals surface area (Å²) in [5, 5.41) is 13.7. The lowest BCUT2D eigenvalue weighted by Crippen LogP contribution is -2.26. The molecule has 3 aromatic rings. The number of aryl methyl sites for hydroxylation is 1. The van der Waals surface area contributed by atoms with Crippen LogP contribution in [0.4, 0.5) is 5.69 Å². The third-order valence-corrected chi connectivity index (χ3v) is 6.64. The van der Waals surface area contributed by atoms with Crippen LogP contribution in [-0.4, -0.2) is 39.3 Å². The van der Waals surface area contributed by atoms with E-state index >= 15 is 0 Å². The van der Waals surface area contributed by atoms with E-state index in [1.165, 1.54) is 31.5 Å². The summed E-state index contributed by atoms with van der Waals surface area (Å²) in [6.45, 7) is 4.10. The van der Waals surface area contributed by atoms with Crippen molar-refractivity contribution in [2.45, 2.75) is 18.7 Å². The first kappa shape index (κ1) is 23.8. The van der Waals surface area contributed by atoms with E-state index in [9.17, 15) is 18.3 Å². The number of hydrogen-bond donors (Lipinski definition) is 2. The molecule has 0 aliphatic carbocycles. The van der Waals surface area contributed by atoms with Crippen LogP contribution >= 0.6 is 0 Å². The van der Waals surface area contributed by atoms with Crippen LogP contribution in [0, 0.1) is 6.92 Å². The number of hydrazone groups is 1. The van der Waals surface area contributed by atoms with E-state index in [2.05, 4.69) is 10.5 Å². The van der Waals surface area contributed by atoms with Gasteiger partial charge in [-0.3, -0.25) is 9.10 Å². The number of amides is 1. The Hall–Kier alpha value is -3.85. The van der Waals surface area contributed by atoms with Gasteiger partial charge in [-0.1, -0.05) is 17.7 Å². The van der Waals surface area contributed by atoms with Crippen molar-refractivity contribution in [1.82, 2.24) is 5.43 Å². The van der Waals surface area contributed by atoms with Crippen molar-refractivity contribution in [1.29, 1.82) is 0 Å². The van der Waals surface area contributed by atoms with Crippen LogP contribution in [0.25, 0.3) is 0 Å². The first-order valence-electron chi connectivity index (χ1n) is 10.2. The van der Waals surface area contributed by atoms with Crippen molar-refractivity contribution in [3.05, 3.63) is 83.4 Å². The molecule has 0 unspecified atom stereocenters. The number of nitrogens with one attached hydrogen (secondary N) is 1. The number of hydrogen-bond acceptors (Lipinski definition) is 6. The van der Waals surface area contributed by atoms with Crippen molar-refractivity contribution in [2.24, 2.45) is 5.10 Å². The van der Waals surface area contributed by atoms with Gasteiger partial charge in [0.05, 0.1) is 23.4 Å². The van der Waals surface area contributed by atoms with Crippen LogP contribution < -0.4 is 14.5 Å². The number of nitrogens with zero attached hydrogens (tertiary/aromatic N) is 2. The van der Waals surface area contributed by atoms with E-state index in [0.717, 1.165) is 9.87 Å². The zero-order valence-corrected chi connectivity index (χ0v) is 19.3. The number of rotatable bonds is 8. The number of benzene rings is 3. The minimum absolute atomic E-state index is 0.0208. The average molecular weight is 468 g/mol. The Kier molecular flexibility index (Phi) is 7.34. The van der Waals surface area contributed by atoms with Crippen LogP contribution in [0.2, 0.25) is 0 Å². The highest BCUT2D eigenvalue weighted by Crippen LogP contribution is 2.26. The van der Waals surface area contributed by atoms with Gasteiger partial charge in [0.15, 0.2) is 11.5 Å². The van der Waals surface area contributed by atoms with E-state index in [-0.39, 0.29) is 10.6 Å². The molecule has 0 aliphatic rings. The molecule has 0 radical (unpaired) electrons. The fraction of sp³-hybridized carbons (Fsp3) is 0.167. The van der Waals surface area contributed by atoms with Gasteiger partial charge in [-0.15, -0.1) is 0 Å². The van der Waals surface area contributed by atoms with Crippen LogP contribution in [0.5, 0.6) is 11.5 Å². The van der Waals surface area contributed by atoms with Gasteiger partial charge >= 0.3 is 0 Å². The minimum Gasteiger partial charge on any atom is -0.504 e. The summed E-state index contributed by atoms with van der Waals surface area (Å²) in [4.78, 5) is 12.6. The molecule has 0 atom stereocenters. The van der Waals surface area contributed by atoms with Crippen molar-refractivity contribution < 1.29 is 23.1 Å². The maximum atomic E-state index is 12.8. The van der Waals surface area contributed by atoms with Crippen molar-refractivity contribution in [2.75, 3.05) is 18.0 Å². The van der Waals surface area contributed by atoms with E-state index in [0.29, 0.717) is 29.2 Å². The molecule has 0 fully saturated rings. The van der Waals surface area contributed by atoms with Gasteiger partial charge in [-0.25, -0.2) is 13.8 Å². The molecule has 9 heteroatoms. The molecule has 3 rings (SSSR count). The summed E-state index contributed by atoms with van der Waals surface area (Å²) < 4.78 is 32.1. The lowest BCUT2D eigenvalue weighted by Gasteiger charge is -2.19. The van der Waals surface area contributed by atoms with Crippen LogP contribution in [0.3, 0.4) is 0 Å². The van der Waals surface area contributed by atoms with Gasteiger partial charge in [0.1, 0.15) is 0 Å². The highest BCUT2D eigenvalue weighted by Gasteiger charge is 2.21. The Morgan fingerprint density at radius 3 is 2.39 bits per heavy atom. The second-order valence-electron chi connectivity index (χ2n) is 7.19. The molecule has 172 valence electrons. The second kappa shape index (κ2) is 10.2. The highest BCUT2D eigenvalue weighted by atomic mass is 32.2. The predicted molar refractivity (Wildman–Crippen MR) is 128 cm³/mol. The number of anilines is 1. The second-order valence-corrected chi connectivity index (χ2v) is 9.16. The average Bonchev–Trinajstić information content (AvgIpc) is 2.81. The molecule has 0 saturated heterocycles. The molecule has 3 aromatic carbocycles. The van der Waals surface area contributed by atoms with E-state index in [1.807, 2.05) is 6.92 Å². The smallest absolute Gasteiger partial charge is 0.271 e. The van der Waals surface area contributed by atoms with E-state index in [1.54, 1.807) is 55.5 Å². The Morgan fingerprint density at radius 1 is 1.09 bits per heavy atom. The standard InChI is InChI=1S/C24H25N3O5S/c1-4-32-23-15-18(7-14-22(23)28)16-25-26-24(29)19-8-10-20(11-9-19)27(3)33(30,31)21-12-5-17(2)6-13-21/h5-16,28H,4H2,1-3H3,(H,26,29)/b25-16-. The predicted octanol–water partition coefficient (Wildman–Crippen LogP) is 3.69. The molecule has 0 bridgehead atoms. The molecular weight excluding hydrogens is 442 g/mol. The van der Waals surface area contributed by atoms with Crippen LogP contribution in [0.1, 0.15) is 28.4 Å². The van der Waals surface area contributed by atoms with Crippen LogP contribution in [0.15, 0.2) is 76.7 Å². The number of carbonyl (C=O) groups is 1.